The molecule has 0 aliphatic rings. The first kappa shape index (κ1) is 21.8. The number of rotatable bonds is 8. The molecule has 0 spiro atoms. The summed E-state index contributed by atoms with van der Waals surface area (Å²) in [6, 6.07) is 7.22. The third-order valence-electron chi connectivity index (χ3n) is 3.12. The summed E-state index contributed by atoms with van der Waals surface area (Å²) in [5.41, 5.74) is 0. The maximum atomic E-state index is 12.0. The molecule has 0 unspecified atom stereocenters. The molecular formula is C15H22IN5O2S2. The fourth-order valence-electron chi connectivity index (χ4n) is 1.94. The molecule has 2 aromatic rings. The van der Waals surface area contributed by atoms with E-state index in [1.165, 1.54) is 23.3 Å². The predicted octanol–water partition coefficient (Wildman–Crippen LogP) is 1.45. The summed E-state index contributed by atoms with van der Waals surface area (Å²) >= 11 is 1.72. The minimum Gasteiger partial charge on any atom is -0.356 e. The van der Waals surface area contributed by atoms with Gasteiger partial charge in [-0.2, -0.15) is 0 Å². The molecule has 138 valence electrons. The van der Waals surface area contributed by atoms with Gasteiger partial charge in [-0.25, -0.2) is 13.1 Å². The van der Waals surface area contributed by atoms with E-state index in [2.05, 4.69) is 36.8 Å². The smallest absolute Gasteiger partial charge is 0.242 e. The third kappa shape index (κ3) is 7.67. The Hall–Kier alpha value is -1.24. The Morgan fingerprint density at radius 1 is 1.20 bits per heavy atom. The summed E-state index contributed by atoms with van der Waals surface area (Å²) in [5, 5.41) is 8.32. The molecule has 0 amide bonds. The van der Waals surface area contributed by atoms with Crippen LogP contribution in [-0.2, 0) is 16.4 Å². The fraction of sp³-hybridized carbons (Fsp3) is 0.333. The molecule has 7 nitrogen and oxygen atoms in total. The van der Waals surface area contributed by atoms with Crippen LogP contribution >= 0.6 is 35.3 Å². The second-order valence-electron chi connectivity index (χ2n) is 4.84. The van der Waals surface area contributed by atoms with Crippen LogP contribution in [0.25, 0.3) is 0 Å². The molecule has 0 aliphatic heterocycles. The minimum absolute atomic E-state index is 0. The average molecular weight is 495 g/mol. The van der Waals surface area contributed by atoms with E-state index in [-0.39, 0.29) is 35.4 Å². The Morgan fingerprint density at radius 3 is 2.64 bits per heavy atom. The monoisotopic (exact) mass is 495 g/mol. The molecular weight excluding hydrogens is 473 g/mol. The molecule has 2 rings (SSSR count). The lowest BCUT2D eigenvalue weighted by Gasteiger charge is -2.12. The van der Waals surface area contributed by atoms with Gasteiger partial charge in [0.05, 0.1) is 0 Å². The van der Waals surface area contributed by atoms with Gasteiger partial charge in [-0.3, -0.25) is 9.98 Å². The van der Waals surface area contributed by atoms with Crippen LogP contribution in [0, 0.1) is 0 Å². The van der Waals surface area contributed by atoms with Gasteiger partial charge in [0.15, 0.2) is 5.96 Å². The molecule has 0 atom stereocenters. The van der Waals surface area contributed by atoms with E-state index in [1.807, 2.05) is 6.07 Å². The highest BCUT2D eigenvalue weighted by Gasteiger charge is 2.12. The zero-order chi connectivity index (χ0) is 17.3. The van der Waals surface area contributed by atoms with E-state index in [0.29, 0.717) is 12.5 Å². The van der Waals surface area contributed by atoms with Crippen LogP contribution in [0.1, 0.15) is 4.88 Å². The van der Waals surface area contributed by atoms with Crippen LogP contribution in [0.15, 0.2) is 51.9 Å². The van der Waals surface area contributed by atoms with Gasteiger partial charge in [0.25, 0.3) is 0 Å². The highest BCUT2D eigenvalue weighted by molar-refractivity contribution is 14.0. The molecule has 0 radical (unpaired) electrons. The maximum Gasteiger partial charge on any atom is 0.242 e. The number of guanidine groups is 1. The van der Waals surface area contributed by atoms with Crippen molar-refractivity contribution in [3.63, 3.8) is 0 Å². The van der Waals surface area contributed by atoms with Crippen LogP contribution in [0.3, 0.4) is 0 Å². The summed E-state index contributed by atoms with van der Waals surface area (Å²) < 4.78 is 26.6. The Morgan fingerprint density at radius 2 is 2.00 bits per heavy atom. The van der Waals surface area contributed by atoms with Gasteiger partial charge in [0, 0.05) is 44.0 Å². The highest BCUT2D eigenvalue weighted by atomic mass is 127. The molecule has 0 fully saturated rings. The molecule has 0 aromatic carbocycles. The average Bonchev–Trinajstić information content (AvgIpc) is 3.11. The van der Waals surface area contributed by atoms with E-state index in [0.717, 1.165) is 13.0 Å². The Kier molecular flexibility index (Phi) is 9.93. The van der Waals surface area contributed by atoms with Crippen molar-refractivity contribution in [1.29, 1.82) is 0 Å². The van der Waals surface area contributed by atoms with Crippen molar-refractivity contribution in [1.82, 2.24) is 20.3 Å². The van der Waals surface area contributed by atoms with E-state index in [1.54, 1.807) is 24.5 Å². The van der Waals surface area contributed by atoms with Crippen LogP contribution in [-0.4, -0.2) is 46.0 Å². The number of aromatic nitrogens is 1. The molecule has 10 heteroatoms. The first-order valence-electron chi connectivity index (χ1n) is 7.48. The van der Waals surface area contributed by atoms with Crippen molar-refractivity contribution in [2.75, 3.05) is 26.7 Å². The topological polar surface area (TPSA) is 95.5 Å². The zero-order valence-electron chi connectivity index (χ0n) is 13.8. The lowest BCUT2D eigenvalue weighted by molar-refractivity contribution is 0.580. The van der Waals surface area contributed by atoms with Crippen molar-refractivity contribution < 1.29 is 8.42 Å². The summed E-state index contributed by atoms with van der Waals surface area (Å²) in [6.07, 6.45) is 3.78. The standard InChI is InChI=1S/C15H21N5O2S2.HI/c1-16-15(18-8-6-13-4-3-11-23-13)19-9-10-20-24(21,22)14-5-2-7-17-12-14;/h2-5,7,11-12,20H,6,8-10H2,1H3,(H2,16,18,19);1H. The number of halogens is 1. The number of nitrogens with one attached hydrogen (secondary N) is 3. The van der Waals surface area contributed by atoms with Crippen molar-refractivity contribution in [3.8, 4) is 0 Å². The molecule has 2 aromatic heterocycles. The second kappa shape index (κ2) is 11.4. The second-order valence-corrected chi connectivity index (χ2v) is 7.64. The molecule has 0 saturated carbocycles. The van der Waals surface area contributed by atoms with Gasteiger partial charge < -0.3 is 10.6 Å². The Labute approximate surface area is 169 Å². The van der Waals surface area contributed by atoms with Gasteiger partial charge in [-0.15, -0.1) is 35.3 Å². The SMILES string of the molecule is CN=C(NCCNS(=O)(=O)c1cccnc1)NCCc1cccs1.I. The van der Waals surface area contributed by atoms with E-state index in [4.69, 9.17) is 0 Å². The number of nitrogens with zero attached hydrogens (tertiary/aromatic N) is 2. The minimum atomic E-state index is -3.52. The molecule has 3 N–H and O–H groups in total. The number of thiophene rings is 1. The molecule has 0 aliphatic carbocycles. The van der Waals surface area contributed by atoms with Gasteiger partial charge in [-0.1, -0.05) is 6.07 Å². The first-order chi connectivity index (χ1) is 11.6. The van der Waals surface area contributed by atoms with Crippen LogP contribution in [0.4, 0.5) is 0 Å². The first-order valence-corrected chi connectivity index (χ1v) is 9.85. The summed E-state index contributed by atoms with van der Waals surface area (Å²) in [6.45, 7) is 1.45. The molecule has 0 saturated heterocycles. The molecule has 25 heavy (non-hydrogen) atoms. The third-order valence-corrected chi connectivity index (χ3v) is 5.50. The summed E-state index contributed by atoms with van der Waals surface area (Å²) in [4.78, 5) is 9.39. The number of sulfonamides is 1. The van der Waals surface area contributed by atoms with Gasteiger partial charge in [0.1, 0.15) is 4.90 Å². The number of hydrogen-bond acceptors (Lipinski definition) is 5. The van der Waals surface area contributed by atoms with E-state index < -0.39 is 10.0 Å². The van der Waals surface area contributed by atoms with Crippen molar-refractivity contribution >= 4 is 51.3 Å². The largest absolute Gasteiger partial charge is 0.356 e. The lowest BCUT2D eigenvalue weighted by atomic mass is 10.3. The predicted molar refractivity (Wildman–Crippen MR) is 112 cm³/mol. The lowest BCUT2D eigenvalue weighted by Crippen LogP contribution is -2.42. The van der Waals surface area contributed by atoms with Crippen LogP contribution in [0.5, 0.6) is 0 Å². The quantitative estimate of drug-likeness (QED) is 0.223. The summed E-state index contributed by atoms with van der Waals surface area (Å²) in [5.74, 6) is 0.645. The molecule has 2 heterocycles. The van der Waals surface area contributed by atoms with Crippen molar-refractivity contribution in [2.24, 2.45) is 4.99 Å². The fourth-order valence-corrected chi connectivity index (χ4v) is 3.64. The Balaban J connectivity index is 0.00000312. The molecule has 0 bridgehead atoms. The zero-order valence-corrected chi connectivity index (χ0v) is 17.8. The maximum absolute atomic E-state index is 12.0. The van der Waals surface area contributed by atoms with Crippen LogP contribution in [0.2, 0.25) is 0 Å². The van der Waals surface area contributed by atoms with Gasteiger partial charge in [0.2, 0.25) is 10.0 Å². The van der Waals surface area contributed by atoms with E-state index >= 15 is 0 Å². The normalized spacial score (nSPS) is 11.6. The Bertz CT molecular complexity index is 737. The van der Waals surface area contributed by atoms with Gasteiger partial charge >= 0.3 is 0 Å². The van der Waals surface area contributed by atoms with Crippen LogP contribution < -0.4 is 15.4 Å². The number of pyridine rings is 1. The number of aliphatic imine (C=N–C) groups is 1. The van der Waals surface area contributed by atoms with Crippen molar-refractivity contribution in [2.45, 2.75) is 11.3 Å². The highest BCUT2D eigenvalue weighted by Crippen LogP contribution is 2.08. The van der Waals surface area contributed by atoms with E-state index in [9.17, 15) is 8.42 Å². The van der Waals surface area contributed by atoms with Crippen molar-refractivity contribution in [3.05, 3.63) is 46.9 Å². The number of hydrogen-bond donors (Lipinski definition) is 3. The summed E-state index contributed by atoms with van der Waals surface area (Å²) in [7, 11) is -1.84. The van der Waals surface area contributed by atoms with Gasteiger partial charge in [-0.05, 0) is 30.0 Å².